The van der Waals surface area contributed by atoms with E-state index in [0.717, 1.165) is 24.1 Å². The molecule has 3 aromatic rings. The molecule has 0 bridgehead atoms. The van der Waals surface area contributed by atoms with Gasteiger partial charge < -0.3 is 15.3 Å². The molecular weight excluding hydrogens is 382 g/mol. The summed E-state index contributed by atoms with van der Waals surface area (Å²) in [7, 11) is 0. The molecule has 2 N–H and O–H groups in total. The van der Waals surface area contributed by atoms with Gasteiger partial charge in [0, 0.05) is 18.8 Å². The van der Waals surface area contributed by atoms with Crippen molar-refractivity contribution in [3.8, 4) is 5.69 Å². The molecule has 1 aromatic heterocycles. The smallest absolute Gasteiger partial charge is 0.407 e. The average molecular weight is 405 g/mol. The molecule has 154 valence electrons. The van der Waals surface area contributed by atoms with Crippen LogP contribution in [0.15, 0.2) is 54.6 Å². The molecular formula is C22H23N5O3. The Bertz CT molecular complexity index is 1040. The lowest BCUT2D eigenvalue weighted by molar-refractivity contribution is 0.102. The summed E-state index contributed by atoms with van der Waals surface area (Å²) in [5.74, 6) is 0.0237. The van der Waals surface area contributed by atoms with Crippen LogP contribution in [0, 0.1) is 6.92 Å². The van der Waals surface area contributed by atoms with E-state index in [1.54, 1.807) is 6.92 Å². The molecule has 0 saturated carbocycles. The number of benzene rings is 2. The van der Waals surface area contributed by atoms with E-state index in [4.69, 9.17) is 5.11 Å². The number of nitrogens with zero attached hydrogens (tertiary/aromatic N) is 4. The fraction of sp³-hybridized carbons (Fsp3) is 0.273. The van der Waals surface area contributed by atoms with Crippen LogP contribution >= 0.6 is 0 Å². The Labute approximate surface area is 174 Å². The quantitative estimate of drug-likeness (QED) is 0.690. The summed E-state index contributed by atoms with van der Waals surface area (Å²) in [6.45, 7) is 2.86. The second kappa shape index (κ2) is 8.36. The van der Waals surface area contributed by atoms with Crippen LogP contribution in [0.1, 0.15) is 40.5 Å². The summed E-state index contributed by atoms with van der Waals surface area (Å²) in [4.78, 5) is 26.6. The largest absolute Gasteiger partial charge is 0.465 e. The number of para-hydroxylation sites is 1. The van der Waals surface area contributed by atoms with Crippen LogP contribution in [0.4, 0.5) is 10.5 Å². The van der Waals surface area contributed by atoms with Crippen LogP contribution in [0.2, 0.25) is 0 Å². The van der Waals surface area contributed by atoms with E-state index in [1.807, 2.05) is 54.6 Å². The van der Waals surface area contributed by atoms with Gasteiger partial charge in [-0.2, -0.15) is 9.90 Å². The summed E-state index contributed by atoms with van der Waals surface area (Å²) in [6, 6.07) is 17.2. The van der Waals surface area contributed by atoms with Crippen LogP contribution in [0.3, 0.4) is 0 Å². The van der Waals surface area contributed by atoms with Crippen LogP contribution < -0.4 is 5.32 Å². The molecule has 0 unspecified atom stereocenters. The first-order valence-corrected chi connectivity index (χ1v) is 9.90. The third-order valence-corrected chi connectivity index (χ3v) is 5.39. The van der Waals surface area contributed by atoms with Crippen molar-refractivity contribution in [2.24, 2.45) is 0 Å². The van der Waals surface area contributed by atoms with Crippen LogP contribution in [0.5, 0.6) is 0 Å². The molecule has 4 rings (SSSR count). The summed E-state index contributed by atoms with van der Waals surface area (Å²) in [5.41, 5.74) is 3.46. The summed E-state index contributed by atoms with van der Waals surface area (Å²) in [5, 5.41) is 20.6. The van der Waals surface area contributed by atoms with Crippen molar-refractivity contribution < 1.29 is 14.7 Å². The van der Waals surface area contributed by atoms with E-state index in [-0.39, 0.29) is 11.6 Å². The number of carbonyl (C=O) groups excluding carboxylic acids is 1. The van der Waals surface area contributed by atoms with E-state index < -0.39 is 6.09 Å². The average Bonchev–Trinajstić information content (AvgIpc) is 3.17. The second-order valence-corrected chi connectivity index (χ2v) is 7.38. The van der Waals surface area contributed by atoms with Gasteiger partial charge in [-0.05, 0) is 55.5 Å². The fourth-order valence-corrected chi connectivity index (χ4v) is 3.70. The Morgan fingerprint density at radius 3 is 2.30 bits per heavy atom. The zero-order valence-electron chi connectivity index (χ0n) is 16.7. The molecule has 1 fully saturated rings. The molecule has 0 atom stereocenters. The zero-order valence-corrected chi connectivity index (χ0v) is 16.7. The molecule has 0 radical (unpaired) electrons. The van der Waals surface area contributed by atoms with Gasteiger partial charge in [0.2, 0.25) is 0 Å². The first-order chi connectivity index (χ1) is 14.5. The number of carbonyl (C=O) groups is 2. The van der Waals surface area contributed by atoms with Crippen molar-refractivity contribution in [2.75, 3.05) is 18.4 Å². The first kappa shape index (κ1) is 19.6. The normalized spacial score (nSPS) is 14.5. The lowest BCUT2D eigenvalue weighted by Gasteiger charge is -2.30. The maximum absolute atomic E-state index is 12.7. The second-order valence-electron chi connectivity index (χ2n) is 7.38. The number of aryl methyl sites for hydroxylation is 1. The lowest BCUT2D eigenvalue weighted by atomic mass is 9.89. The Morgan fingerprint density at radius 1 is 1.00 bits per heavy atom. The molecule has 30 heavy (non-hydrogen) atoms. The number of rotatable bonds is 4. The van der Waals surface area contributed by atoms with E-state index in [1.165, 1.54) is 9.70 Å². The standard InChI is InChI=1S/C22H23N5O3/c1-15-20(25-27(24-15)19-5-3-2-4-6-19)21(28)23-18-9-7-16(8-10-18)17-11-13-26(14-12-17)22(29)30/h2-10,17H,11-14H2,1H3,(H,23,28)(H,29,30). The highest BCUT2D eigenvalue weighted by molar-refractivity contribution is 6.03. The molecule has 2 aromatic carbocycles. The van der Waals surface area contributed by atoms with Gasteiger partial charge in [0.1, 0.15) is 0 Å². The van der Waals surface area contributed by atoms with Gasteiger partial charge >= 0.3 is 6.09 Å². The van der Waals surface area contributed by atoms with Crippen molar-refractivity contribution >= 4 is 17.7 Å². The Hall–Kier alpha value is -3.68. The molecule has 1 aliphatic rings. The van der Waals surface area contributed by atoms with Crippen molar-refractivity contribution in [3.63, 3.8) is 0 Å². The van der Waals surface area contributed by atoms with Crippen molar-refractivity contribution in [1.82, 2.24) is 19.9 Å². The molecule has 0 spiro atoms. The number of nitrogens with one attached hydrogen (secondary N) is 1. The van der Waals surface area contributed by atoms with E-state index >= 15 is 0 Å². The van der Waals surface area contributed by atoms with Gasteiger partial charge in [-0.15, -0.1) is 5.10 Å². The number of carboxylic acid groups (broad SMARTS) is 1. The monoisotopic (exact) mass is 405 g/mol. The molecule has 1 saturated heterocycles. The fourth-order valence-electron chi connectivity index (χ4n) is 3.70. The van der Waals surface area contributed by atoms with Gasteiger partial charge in [-0.1, -0.05) is 30.3 Å². The maximum Gasteiger partial charge on any atom is 0.407 e. The molecule has 0 aliphatic carbocycles. The number of likely N-dealkylation sites (tertiary alicyclic amines) is 1. The van der Waals surface area contributed by atoms with E-state index in [2.05, 4.69) is 15.5 Å². The minimum absolute atomic E-state index is 0.281. The Balaban J connectivity index is 1.41. The molecule has 8 nitrogen and oxygen atoms in total. The zero-order chi connectivity index (χ0) is 21.1. The number of hydrogen-bond donors (Lipinski definition) is 2. The number of piperidine rings is 1. The van der Waals surface area contributed by atoms with Crippen molar-refractivity contribution in [1.29, 1.82) is 0 Å². The van der Waals surface area contributed by atoms with Gasteiger partial charge in [0.05, 0.1) is 11.4 Å². The van der Waals surface area contributed by atoms with Crippen LogP contribution in [-0.4, -0.2) is 50.1 Å². The van der Waals surface area contributed by atoms with E-state index in [0.29, 0.717) is 30.4 Å². The van der Waals surface area contributed by atoms with Gasteiger partial charge in [0.15, 0.2) is 5.69 Å². The van der Waals surface area contributed by atoms with Crippen molar-refractivity contribution in [3.05, 3.63) is 71.5 Å². The van der Waals surface area contributed by atoms with Gasteiger partial charge in [-0.25, -0.2) is 4.79 Å². The van der Waals surface area contributed by atoms with Gasteiger partial charge in [-0.3, -0.25) is 4.79 Å². The highest BCUT2D eigenvalue weighted by atomic mass is 16.4. The maximum atomic E-state index is 12.7. The number of amides is 2. The highest BCUT2D eigenvalue weighted by Gasteiger charge is 2.23. The number of aromatic nitrogens is 3. The first-order valence-electron chi connectivity index (χ1n) is 9.90. The minimum Gasteiger partial charge on any atom is -0.465 e. The van der Waals surface area contributed by atoms with Crippen LogP contribution in [0.25, 0.3) is 5.69 Å². The SMILES string of the molecule is Cc1nn(-c2ccccc2)nc1C(=O)Nc1ccc(C2CCN(C(=O)O)CC2)cc1. The number of anilines is 1. The third-order valence-electron chi connectivity index (χ3n) is 5.39. The molecule has 2 amide bonds. The van der Waals surface area contributed by atoms with E-state index in [9.17, 15) is 9.59 Å². The summed E-state index contributed by atoms with van der Waals surface area (Å²) < 4.78 is 0. The Morgan fingerprint density at radius 2 is 1.67 bits per heavy atom. The molecule has 2 heterocycles. The molecule has 1 aliphatic heterocycles. The minimum atomic E-state index is -0.856. The van der Waals surface area contributed by atoms with Crippen LogP contribution in [-0.2, 0) is 0 Å². The molecule has 8 heteroatoms. The predicted molar refractivity (Wildman–Crippen MR) is 112 cm³/mol. The van der Waals surface area contributed by atoms with Crippen molar-refractivity contribution in [2.45, 2.75) is 25.7 Å². The summed E-state index contributed by atoms with van der Waals surface area (Å²) in [6.07, 6.45) is 0.755. The third kappa shape index (κ3) is 4.17. The predicted octanol–water partition coefficient (Wildman–Crippen LogP) is 3.69. The van der Waals surface area contributed by atoms with Gasteiger partial charge in [0.25, 0.3) is 5.91 Å². The number of hydrogen-bond acceptors (Lipinski definition) is 4. The Kier molecular flexibility index (Phi) is 5.47. The highest BCUT2D eigenvalue weighted by Crippen LogP contribution is 2.29. The topological polar surface area (TPSA) is 100 Å². The summed E-state index contributed by atoms with van der Waals surface area (Å²) >= 11 is 0. The lowest BCUT2D eigenvalue weighted by Crippen LogP contribution is -2.36.